The van der Waals surface area contributed by atoms with Crippen LogP contribution in [0.1, 0.15) is 161 Å². The minimum Gasteiger partial charge on any atom is -0.399 e. The van der Waals surface area contributed by atoms with Gasteiger partial charge in [-0.2, -0.15) is 0 Å². The molecular weight excluding hydrogens is 424 g/mol. The van der Waals surface area contributed by atoms with Crippen molar-refractivity contribution in [3.05, 3.63) is 23.8 Å². The molecule has 0 saturated heterocycles. The highest BCUT2D eigenvalue weighted by Crippen LogP contribution is 2.27. The highest BCUT2D eigenvalue weighted by molar-refractivity contribution is 5.58. The van der Waals surface area contributed by atoms with Crippen molar-refractivity contribution in [1.29, 1.82) is 0 Å². The molecule has 2 heteroatoms. The van der Waals surface area contributed by atoms with Crippen LogP contribution in [0.3, 0.4) is 0 Å². The standard InChI is InChI=1S/C33H62N2/c1-5-8-10-12-14-16-18-20-22-24-28-35(32-26-27-33(34)30(4)29-32)31(7-3)25-23-21-19-17-15-13-11-9-6-2/h26-27,29,31H,5-25,28,34H2,1-4H3. The number of rotatable bonds is 24. The van der Waals surface area contributed by atoms with Gasteiger partial charge in [-0.05, 0) is 49.9 Å². The Labute approximate surface area is 220 Å². The zero-order valence-corrected chi connectivity index (χ0v) is 24.4. The van der Waals surface area contributed by atoms with Crippen LogP contribution in [0.25, 0.3) is 0 Å². The molecule has 2 nitrogen and oxygen atoms in total. The van der Waals surface area contributed by atoms with Crippen molar-refractivity contribution in [2.75, 3.05) is 17.2 Å². The average molecular weight is 487 g/mol. The van der Waals surface area contributed by atoms with Gasteiger partial charge < -0.3 is 10.6 Å². The van der Waals surface area contributed by atoms with E-state index < -0.39 is 0 Å². The first-order valence-electron chi connectivity index (χ1n) is 15.8. The summed E-state index contributed by atoms with van der Waals surface area (Å²) >= 11 is 0. The molecule has 35 heavy (non-hydrogen) atoms. The Balaban J connectivity index is 2.43. The highest BCUT2D eigenvalue weighted by atomic mass is 15.2. The second-order valence-electron chi connectivity index (χ2n) is 11.1. The smallest absolute Gasteiger partial charge is 0.0372 e. The van der Waals surface area contributed by atoms with Gasteiger partial charge in [-0.3, -0.25) is 0 Å². The lowest BCUT2D eigenvalue weighted by molar-refractivity contribution is 0.478. The molecule has 0 radical (unpaired) electrons. The molecule has 0 spiro atoms. The predicted molar refractivity (Wildman–Crippen MR) is 161 cm³/mol. The summed E-state index contributed by atoms with van der Waals surface area (Å²) in [7, 11) is 0. The van der Waals surface area contributed by atoms with Crippen LogP contribution >= 0.6 is 0 Å². The van der Waals surface area contributed by atoms with Gasteiger partial charge in [0, 0.05) is 24.0 Å². The van der Waals surface area contributed by atoms with E-state index in [9.17, 15) is 0 Å². The van der Waals surface area contributed by atoms with E-state index in [2.05, 4.69) is 50.8 Å². The number of nitrogens with zero attached hydrogens (tertiary/aromatic N) is 1. The molecule has 2 N–H and O–H groups in total. The van der Waals surface area contributed by atoms with Crippen molar-refractivity contribution >= 4 is 11.4 Å². The van der Waals surface area contributed by atoms with Crippen LogP contribution in [0.5, 0.6) is 0 Å². The van der Waals surface area contributed by atoms with E-state index in [-0.39, 0.29) is 0 Å². The number of unbranched alkanes of at least 4 members (excludes halogenated alkanes) is 17. The van der Waals surface area contributed by atoms with Crippen molar-refractivity contribution in [1.82, 2.24) is 0 Å². The Bertz CT molecular complexity index is 597. The molecule has 0 amide bonds. The van der Waals surface area contributed by atoms with Crippen molar-refractivity contribution in [3.63, 3.8) is 0 Å². The Hall–Kier alpha value is -1.18. The van der Waals surface area contributed by atoms with E-state index in [4.69, 9.17) is 5.73 Å². The maximum absolute atomic E-state index is 6.15. The monoisotopic (exact) mass is 486 g/mol. The largest absolute Gasteiger partial charge is 0.399 e. The fourth-order valence-corrected chi connectivity index (χ4v) is 5.40. The van der Waals surface area contributed by atoms with E-state index in [1.165, 1.54) is 153 Å². The van der Waals surface area contributed by atoms with Crippen LogP contribution in [-0.2, 0) is 0 Å². The summed E-state index contributed by atoms with van der Waals surface area (Å²) in [5, 5.41) is 0. The normalized spacial score (nSPS) is 12.2. The predicted octanol–water partition coefficient (Wildman–Crippen LogP) is 11.0. The number of nitrogens with two attached hydrogens (primary N) is 1. The number of nitrogen functional groups attached to an aromatic ring is 1. The molecule has 0 bridgehead atoms. The van der Waals surface area contributed by atoms with Crippen LogP contribution in [0.2, 0.25) is 0 Å². The lowest BCUT2D eigenvalue weighted by Crippen LogP contribution is -2.36. The molecule has 0 fully saturated rings. The molecule has 1 unspecified atom stereocenters. The molecular formula is C33H62N2. The Kier molecular flexibility index (Phi) is 20.1. The molecule has 0 aliphatic rings. The lowest BCUT2D eigenvalue weighted by atomic mass is 10.0. The first-order chi connectivity index (χ1) is 17.1. The molecule has 204 valence electrons. The lowest BCUT2D eigenvalue weighted by Gasteiger charge is -2.34. The summed E-state index contributed by atoms with van der Waals surface area (Å²) < 4.78 is 0. The second-order valence-corrected chi connectivity index (χ2v) is 11.1. The van der Waals surface area contributed by atoms with Crippen molar-refractivity contribution in [2.24, 2.45) is 0 Å². The Morgan fingerprint density at radius 2 is 1.09 bits per heavy atom. The van der Waals surface area contributed by atoms with E-state index in [1.807, 2.05) is 0 Å². The van der Waals surface area contributed by atoms with Crippen LogP contribution < -0.4 is 10.6 Å². The topological polar surface area (TPSA) is 29.3 Å². The van der Waals surface area contributed by atoms with Crippen LogP contribution in [-0.4, -0.2) is 12.6 Å². The first kappa shape index (κ1) is 31.8. The van der Waals surface area contributed by atoms with Crippen molar-refractivity contribution < 1.29 is 0 Å². The first-order valence-corrected chi connectivity index (χ1v) is 15.8. The fourth-order valence-electron chi connectivity index (χ4n) is 5.40. The third-order valence-corrected chi connectivity index (χ3v) is 7.89. The molecule has 0 aromatic heterocycles. The summed E-state index contributed by atoms with van der Waals surface area (Å²) in [6, 6.07) is 7.35. The number of hydrogen-bond donors (Lipinski definition) is 1. The quantitative estimate of drug-likeness (QED) is 0.116. The average Bonchev–Trinajstić information content (AvgIpc) is 2.86. The maximum atomic E-state index is 6.15. The van der Waals surface area contributed by atoms with Crippen molar-refractivity contribution in [2.45, 2.75) is 169 Å². The van der Waals surface area contributed by atoms with Gasteiger partial charge in [-0.1, -0.05) is 136 Å². The summed E-state index contributed by atoms with van der Waals surface area (Å²) in [5.74, 6) is 0. The number of anilines is 2. The molecule has 0 aliphatic heterocycles. The summed E-state index contributed by atoms with van der Waals surface area (Å²) in [6.07, 6.45) is 29.3. The summed E-state index contributed by atoms with van der Waals surface area (Å²) in [4.78, 5) is 2.72. The van der Waals surface area contributed by atoms with E-state index in [0.717, 1.165) is 5.69 Å². The third-order valence-electron chi connectivity index (χ3n) is 7.89. The zero-order valence-electron chi connectivity index (χ0n) is 24.4. The molecule has 0 aliphatic carbocycles. The van der Waals surface area contributed by atoms with Crippen LogP contribution in [0.15, 0.2) is 18.2 Å². The molecule has 1 atom stereocenters. The molecule has 1 aromatic rings. The highest BCUT2D eigenvalue weighted by Gasteiger charge is 2.17. The molecule has 0 heterocycles. The Morgan fingerprint density at radius 1 is 0.629 bits per heavy atom. The van der Waals surface area contributed by atoms with Gasteiger partial charge in [-0.25, -0.2) is 0 Å². The van der Waals surface area contributed by atoms with E-state index in [0.29, 0.717) is 6.04 Å². The van der Waals surface area contributed by atoms with Crippen molar-refractivity contribution in [3.8, 4) is 0 Å². The van der Waals surface area contributed by atoms with Crippen LogP contribution in [0, 0.1) is 6.92 Å². The minimum atomic E-state index is 0.654. The van der Waals surface area contributed by atoms with Gasteiger partial charge >= 0.3 is 0 Å². The molecule has 1 aromatic carbocycles. The molecule has 0 saturated carbocycles. The number of hydrogen-bond acceptors (Lipinski definition) is 2. The van der Waals surface area contributed by atoms with Gasteiger partial charge in [0.15, 0.2) is 0 Å². The summed E-state index contributed by atoms with van der Waals surface area (Å²) in [5.41, 5.74) is 9.67. The number of aryl methyl sites for hydroxylation is 1. The van der Waals surface area contributed by atoms with Gasteiger partial charge in [0.25, 0.3) is 0 Å². The van der Waals surface area contributed by atoms with Gasteiger partial charge in [0.05, 0.1) is 0 Å². The minimum absolute atomic E-state index is 0.654. The van der Waals surface area contributed by atoms with Crippen LogP contribution in [0.4, 0.5) is 11.4 Å². The Morgan fingerprint density at radius 3 is 1.54 bits per heavy atom. The van der Waals surface area contributed by atoms with Gasteiger partial charge in [0.1, 0.15) is 0 Å². The number of benzene rings is 1. The molecule has 1 rings (SSSR count). The third kappa shape index (κ3) is 15.5. The second kappa shape index (κ2) is 22.1. The van der Waals surface area contributed by atoms with Gasteiger partial charge in [0.2, 0.25) is 0 Å². The van der Waals surface area contributed by atoms with E-state index in [1.54, 1.807) is 0 Å². The SMILES string of the molecule is CCCCCCCCCCCCN(c1ccc(N)c(C)c1)C(CC)CCCCCCCCCCC. The summed E-state index contributed by atoms with van der Waals surface area (Å²) in [6.45, 7) is 10.3. The zero-order chi connectivity index (χ0) is 25.6. The maximum Gasteiger partial charge on any atom is 0.0372 e. The fraction of sp³-hybridized carbons (Fsp3) is 0.818. The van der Waals surface area contributed by atoms with E-state index >= 15 is 0 Å². The van der Waals surface area contributed by atoms with Gasteiger partial charge in [-0.15, -0.1) is 0 Å².